The molecule has 1 saturated heterocycles. The molecule has 1 atom stereocenters. The molecule has 8 heteroatoms. The minimum absolute atomic E-state index is 0.197. The highest BCUT2D eigenvalue weighted by Gasteiger charge is 2.31. The van der Waals surface area contributed by atoms with Crippen molar-refractivity contribution in [2.75, 3.05) is 46.8 Å². The lowest BCUT2D eigenvalue weighted by atomic mass is 10.2. The molecular formula is C18H30N4O3S. The average Bonchev–Trinajstić information content (AvgIpc) is 3.05. The fourth-order valence-electron chi connectivity index (χ4n) is 3.31. The fraction of sp³-hybridized carbons (Fsp3) is 0.611. The van der Waals surface area contributed by atoms with E-state index in [1.807, 2.05) is 19.0 Å². The van der Waals surface area contributed by atoms with Crippen molar-refractivity contribution < 1.29 is 13.2 Å². The molecule has 0 aliphatic carbocycles. The van der Waals surface area contributed by atoms with Crippen LogP contribution in [0, 0.1) is 0 Å². The Morgan fingerprint density at radius 2 is 1.88 bits per heavy atom. The monoisotopic (exact) mass is 382 g/mol. The summed E-state index contributed by atoms with van der Waals surface area (Å²) in [6.07, 6.45) is 2.12. The summed E-state index contributed by atoms with van der Waals surface area (Å²) in [7, 11) is 0.231. The Bertz CT molecular complexity index is 704. The van der Waals surface area contributed by atoms with Crippen molar-refractivity contribution in [3.8, 4) is 0 Å². The third kappa shape index (κ3) is 5.03. The van der Waals surface area contributed by atoms with Gasteiger partial charge in [-0.2, -0.15) is 4.31 Å². The maximum Gasteiger partial charge on any atom is 0.248 e. The third-order valence-corrected chi connectivity index (χ3v) is 6.77. The van der Waals surface area contributed by atoms with Gasteiger partial charge in [0.05, 0.1) is 4.90 Å². The van der Waals surface area contributed by atoms with Crippen LogP contribution in [-0.4, -0.2) is 81.3 Å². The molecule has 7 nitrogen and oxygen atoms in total. The first-order chi connectivity index (χ1) is 12.3. The van der Waals surface area contributed by atoms with Gasteiger partial charge < -0.3 is 10.6 Å². The molecule has 1 aliphatic rings. The number of amides is 1. The molecule has 1 fully saturated rings. The first-order valence-electron chi connectivity index (χ1n) is 9.04. The second-order valence-electron chi connectivity index (χ2n) is 6.98. The lowest BCUT2D eigenvalue weighted by Crippen LogP contribution is -2.45. The Kier molecular flexibility index (Phi) is 7.16. The normalized spacial score (nSPS) is 18.7. The minimum atomic E-state index is -3.63. The average molecular weight is 383 g/mol. The predicted molar refractivity (Wildman–Crippen MR) is 103 cm³/mol. The Morgan fingerprint density at radius 1 is 1.23 bits per heavy atom. The van der Waals surface area contributed by atoms with Gasteiger partial charge >= 0.3 is 0 Å². The molecule has 1 amide bonds. The van der Waals surface area contributed by atoms with Gasteiger partial charge in [-0.3, -0.25) is 9.69 Å². The summed E-state index contributed by atoms with van der Waals surface area (Å²) >= 11 is 0. The first-order valence-corrected chi connectivity index (χ1v) is 10.5. The zero-order valence-corrected chi connectivity index (χ0v) is 16.7. The summed E-state index contributed by atoms with van der Waals surface area (Å²) in [6, 6.07) is 6.11. The zero-order valence-electron chi connectivity index (χ0n) is 15.9. The summed E-state index contributed by atoms with van der Waals surface area (Å²) in [6.45, 7) is 5.63. The Morgan fingerprint density at radius 3 is 2.42 bits per heavy atom. The SMILES string of the molecule is CCN1CCCC1CN(CCN(C)C)S(=O)(=O)c1ccc(C(N)=O)cc1. The molecule has 146 valence electrons. The van der Waals surface area contributed by atoms with Crippen LogP contribution in [0.4, 0.5) is 0 Å². The molecule has 0 aromatic heterocycles. The number of nitrogens with zero attached hydrogens (tertiary/aromatic N) is 3. The molecule has 1 aliphatic heterocycles. The molecule has 2 rings (SSSR count). The van der Waals surface area contributed by atoms with E-state index in [2.05, 4.69) is 11.8 Å². The largest absolute Gasteiger partial charge is 0.366 e. The van der Waals surface area contributed by atoms with Crippen LogP contribution >= 0.6 is 0 Å². The van der Waals surface area contributed by atoms with Crippen LogP contribution in [0.1, 0.15) is 30.1 Å². The predicted octanol–water partition coefficient (Wildman–Crippen LogP) is 0.822. The third-order valence-electron chi connectivity index (χ3n) is 4.89. The number of rotatable bonds is 9. The zero-order chi connectivity index (χ0) is 19.3. The van der Waals surface area contributed by atoms with Crippen molar-refractivity contribution in [2.24, 2.45) is 5.73 Å². The summed E-state index contributed by atoms with van der Waals surface area (Å²) in [5.41, 5.74) is 5.55. The van der Waals surface area contributed by atoms with Gasteiger partial charge in [0.1, 0.15) is 0 Å². The van der Waals surface area contributed by atoms with Crippen LogP contribution in [0.2, 0.25) is 0 Å². The van der Waals surface area contributed by atoms with Crippen LogP contribution in [0.25, 0.3) is 0 Å². The van der Waals surface area contributed by atoms with Gasteiger partial charge in [0.2, 0.25) is 15.9 Å². The van der Waals surface area contributed by atoms with Gasteiger partial charge in [-0.05, 0) is 64.3 Å². The molecule has 0 bridgehead atoms. The van der Waals surface area contributed by atoms with Crippen molar-refractivity contribution in [2.45, 2.75) is 30.7 Å². The van der Waals surface area contributed by atoms with E-state index in [0.717, 1.165) is 25.9 Å². The van der Waals surface area contributed by atoms with Gasteiger partial charge in [-0.15, -0.1) is 0 Å². The van der Waals surface area contributed by atoms with Crippen molar-refractivity contribution in [3.63, 3.8) is 0 Å². The van der Waals surface area contributed by atoms with Crippen LogP contribution in [-0.2, 0) is 10.0 Å². The van der Waals surface area contributed by atoms with Crippen LogP contribution in [0.15, 0.2) is 29.2 Å². The molecule has 1 unspecified atom stereocenters. The molecule has 26 heavy (non-hydrogen) atoms. The number of benzene rings is 1. The van der Waals surface area contributed by atoms with Gasteiger partial charge in [-0.25, -0.2) is 8.42 Å². The first kappa shape index (κ1) is 20.8. The number of carbonyl (C=O) groups is 1. The quantitative estimate of drug-likeness (QED) is 0.683. The van der Waals surface area contributed by atoms with E-state index < -0.39 is 15.9 Å². The molecule has 0 saturated carbocycles. The van der Waals surface area contributed by atoms with E-state index in [0.29, 0.717) is 25.2 Å². The number of nitrogens with two attached hydrogens (primary N) is 1. The number of hydrogen-bond donors (Lipinski definition) is 1. The molecule has 1 aromatic rings. The number of likely N-dealkylation sites (tertiary alicyclic amines) is 1. The van der Waals surface area contributed by atoms with Crippen molar-refractivity contribution in [1.82, 2.24) is 14.1 Å². The van der Waals surface area contributed by atoms with Gasteiger partial charge in [-0.1, -0.05) is 6.92 Å². The smallest absolute Gasteiger partial charge is 0.248 e. The van der Waals surface area contributed by atoms with Crippen LogP contribution in [0.3, 0.4) is 0 Å². The molecular weight excluding hydrogens is 352 g/mol. The Balaban J connectivity index is 2.25. The van der Waals surface area contributed by atoms with E-state index in [1.54, 1.807) is 4.31 Å². The lowest BCUT2D eigenvalue weighted by molar-refractivity contribution is 0.1000. The van der Waals surface area contributed by atoms with E-state index in [-0.39, 0.29) is 10.9 Å². The molecule has 0 radical (unpaired) electrons. The second kappa shape index (κ2) is 8.94. The topological polar surface area (TPSA) is 86.9 Å². The molecule has 0 spiro atoms. The highest BCUT2D eigenvalue weighted by Crippen LogP contribution is 2.22. The maximum absolute atomic E-state index is 13.2. The van der Waals surface area contributed by atoms with Gasteiger partial charge in [0.25, 0.3) is 0 Å². The van der Waals surface area contributed by atoms with Crippen molar-refractivity contribution in [3.05, 3.63) is 29.8 Å². The molecule has 2 N–H and O–H groups in total. The standard InChI is InChI=1S/C18H30N4O3S/c1-4-21-11-5-6-16(21)14-22(13-12-20(2)3)26(24,25)17-9-7-15(8-10-17)18(19)23/h7-10,16H,4-6,11-14H2,1-3H3,(H2,19,23). The Labute approximate surface area is 156 Å². The molecule has 1 aromatic carbocycles. The van der Waals surface area contributed by atoms with Crippen molar-refractivity contribution >= 4 is 15.9 Å². The second-order valence-corrected chi connectivity index (χ2v) is 8.92. The summed E-state index contributed by atoms with van der Waals surface area (Å²) < 4.78 is 27.9. The molecule has 1 heterocycles. The fourth-order valence-corrected chi connectivity index (χ4v) is 4.78. The van der Waals surface area contributed by atoms with Gasteiger partial charge in [0.15, 0.2) is 0 Å². The summed E-state index contributed by atoms with van der Waals surface area (Å²) in [5.74, 6) is -0.567. The van der Waals surface area contributed by atoms with E-state index in [4.69, 9.17) is 5.73 Å². The van der Waals surface area contributed by atoms with Gasteiger partial charge in [0, 0.05) is 31.2 Å². The number of carbonyl (C=O) groups excluding carboxylic acids is 1. The summed E-state index contributed by atoms with van der Waals surface area (Å²) in [5, 5.41) is 0. The Hall–Kier alpha value is -1.48. The van der Waals surface area contributed by atoms with Crippen LogP contribution in [0.5, 0.6) is 0 Å². The van der Waals surface area contributed by atoms with E-state index in [1.165, 1.54) is 24.3 Å². The van der Waals surface area contributed by atoms with Crippen LogP contribution < -0.4 is 5.73 Å². The highest BCUT2D eigenvalue weighted by atomic mass is 32.2. The van der Waals surface area contributed by atoms with E-state index in [9.17, 15) is 13.2 Å². The van der Waals surface area contributed by atoms with Crippen molar-refractivity contribution in [1.29, 1.82) is 0 Å². The number of sulfonamides is 1. The highest BCUT2D eigenvalue weighted by molar-refractivity contribution is 7.89. The summed E-state index contributed by atoms with van der Waals surface area (Å²) in [4.78, 5) is 15.7. The number of likely N-dealkylation sites (N-methyl/N-ethyl adjacent to an activating group) is 2. The maximum atomic E-state index is 13.2. The number of primary amides is 1. The van der Waals surface area contributed by atoms with E-state index >= 15 is 0 Å². The lowest BCUT2D eigenvalue weighted by Gasteiger charge is -2.30. The minimum Gasteiger partial charge on any atom is -0.366 e. The number of hydrogen-bond acceptors (Lipinski definition) is 5.